The Morgan fingerprint density at radius 1 is 1.30 bits per heavy atom. The summed E-state index contributed by atoms with van der Waals surface area (Å²) in [6, 6.07) is 4.44. The second-order valence-corrected chi connectivity index (χ2v) is 6.80. The molecule has 0 saturated carbocycles. The van der Waals surface area contributed by atoms with Crippen molar-refractivity contribution in [3.63, 3.8) is 0 Å². The number of rotatable bonds is 8. The smallest absolute Gasteiger partial charge is 0.177 e. The second-order valence-electron chi connectivity index (χ2n) is 4.21. The van der Waals surface area contributed by atoms with Gasteiger partial charge in [-0.2, -0.15) is 0 Å². The monoisotopic (exact) mass is 320 g/mol. The van der Waals surface area contributed by atoms with Crippen LogP contribution in [-0.2, 0) is 14.6 Å². The Balaban J connectivity index is 2.73. The number of hydrogen-bond donors (Lipinski definition) is 0. The number of carbonyl (C=O) groups excluding carboxylic acids is 1. The fraction of sp³-hybridized carbons (Fsp3) is 0.462. The maximum atomic E-state index is 11.9. The molecule has 0 bridgehead atoms. The standard InChI is InChI=1S/C13H17ClO5S/c1-18-6-3-7-20(16,17)9-12(15)10-4-5-13(19-2)11(14)8-10/h4-5,8H,3,6-7,9H2,1-2H3. The van der Waals surface area contributed by atoms with Crippen LogP contribution in [0.4, 0.5) is 0 Å². The van der Waals surface area contributed by atoms with Gasteiger partial charge in [0, 0.05) is 19.3 Å². The van der Waals surface area contributed by atoms with Crippen LogP contribution >= 0.6 is 11.6 Å². The van der Waals surface area contributed by atoms with Gasteiger partial charge in [-0.1, -0.05) is 11.6 Å². The molecule has 0 N–H and O–H groups in total. The van der Waals surface area contributed by atoms with Crippen molar-refractivity contribution >= 4 is 27.2 Å². The highest BCUT2D eigenvalue weighted by Crippen LogP contribution is 2.25. The van der Waals surface area contributed by atoms with E-state index in [2.05, 4.69) is 0 Å². The van der Waals surface area contributed by atoms with Crippen LogP contribution in [-0.4, -0.2) is 46.5 Å². The highest BCUT2D eigenvalue weighted by Gasteiger charge is 2.18. The van der Waals surface area contributed by atoms with E-state index in [1.54, 1.807) is 0 Å². The Morgan fingerprint density at radius 2 is 2.00 bits per heavy atom. The number of methoxy groups -OCH3 is 2. The normalized spacial score (nSPS) is 11.3. The molecular weight excluding hydrogens is 304 g/mol. The number of benzene rings is 1. The molecule has 0 fully saturated rings. The zero-order valence-corrected chi connectivity index (χ0v) is 13.0. The van der Waals surface area contributed by atoms with E-state index in [0.717, 1.165) is 0 Å². The van der Waals surface area contributed by atoms with Crippen LogP contribution in [0.1, 0.15) is 16.8 Å². The van der Waals surface area contributed by atoms with E-state index in [0.29, 0.717) is 18.8 Å². The van der Waals surface area contributed by atoms with E-state index < -0.39 is 21.4 Å². The first-order valence-corrected chi connectivity index (χ1v) is 8.15. The summed E-state index contributed by atoms with van der Waals surface area (Å²) in [4.78, 5) is 11.9. The molecule has 0 saturated heterocycles. The van der Waals surface area contributed by atoms with Gasteiger partial charge in [-0.25, -0.2) is 8.42 Å². The van der Waals surface area contributed by atoms with Crippen molar-refractivity contribution in [3.05, 3.63) is 28.8 Å². The third kappa shape index (κ3) is 5.11. The summed E-state index contributed by atoms with van der Waals surface area (Å²) in [6.45, 7) is 0.349. The summed E-state index contributed by atoms with van der Waals surface area (Å²) in [7, 11) is -0.475. The molecule has 0 unspecified atom stereocenters. The summed E-state index contributed by atoms with van der Waals surface area (Å²) in [5.41, 5.74) is 0.256. The Hall–Kier alpha value is -1.11. The largest absolute Gasteiger partial charge is 0.495 e. The molecule has 1 rings (SSSR count). The molecule has 1 aromatic carbocycles. The molecule has 0 radical (unpaired) electrons. The Labute approximate surface area is 123 Å². The molecule has 0 aliphatic carbocycles. The number of sulfone groups is 1. The van der Waals surface area contributed by atoms with Gasteiger partial charge in [0.05, 0.1) is 17.9 Å². The Bertz CT molecular complexity index is 568. The number of hydrogen-bond acceptors (Lipinski definition) is 5. The second kappa shape index (κ2) is 7.61. The summed E-state index contributed by atoms with van der Waals surface area (Å²) in [6.07, 6.45) is 0.371. The lowest BCUT2D eigenvalue weighted by atomic mass is 10.1. The first-order chi connectivity index (χ1) is 9.39. The van der Waals surface area contributed by atoms with Gasteiger partial charge in [-0.05, 0) is 24.6 Å². The molecule has 0 spiro atoms. The highest BCUT2D eigenvalue weighted by atomic mass is 35.5. The minimum Gasteiger partial charge on any atom is -0.495 e. The lowest BCUT2D eigenvalue weighted by molar-refractivity contribution is 0.102. The topological polar surface area (TPSA) is 69.7 Å². The van der Waals surface area contributed by atoms with E-state index in [1.165, 1.54) is 32.4 Å². The van der Waals surface area contributed by atoms with Crippen LogP contribution in [0, 0.1) is 0 Å². The number of ether oxygens (including phenoxy) is 2. The molecule has 0 aromatic heterocycles. The molecule has 0 amide bonds. The predicted octanol–water partition coefficient (Wildman–Crippen LogP) is 1.98. The first-order valence-electron chi connectivity index (χ1n) is 5.95. The third-order valence-electron chi connectivity index (χ3n) is 2.63. The van der Waals surface area contributed by atoms with Gasteiger partial charge in [0.2, 0.25) is 0 Å². The van der Waals surface area contributed by atoms with E-state index in [4.69, 9.17) is 21.1 Å². The van der Waals surface area contributed by atoms with Gasteiger partial charge in [0.15, 0.2) is 15.6 Å². The minimum atomic E-state index is -3.43. The molecule has 112 valence electrons. The molecule has 0 aliphatic heterocycles. The maximum absolute atomic E-state index is 11.9. The number of ketones is 1. The summed E-state index contributed by atoms with van der Waals surface area (Å²) < 4.78 is 33.3. The zero-order valence-electron chi connectivity index (χ0n) is 11.4. The summed E-state index contributed by atoms with van der Waals surface area (Å²) in [5.74, 6) is -0.645. The minimum absolute atomic E-state index is 0.0729. The summed E-state index contributed by atoms with van der Waals surface area (Å²) in [5, 5.41) is 0.273. The first kappa shape index (κ1) is 16.9. The highest BCUT2D eigenvalue weighted by molar-refractivity contribution is 7.92. The van der Waals surface area contributed by atoms with Crippen LogP contribution in [0.25, 0.3) is 0 Å². The average Bonchev–Trinajstić information content (AvgIpc) is 2.38. The van der Waals surface area contributed by atoms with Crippen molar-refractivity contribution in [1.82, 2.24) is 0 Å². The Kier molecular flexibility index (Phi) is 6.45. The molecule has 20 heavy (non-hydrogen) atoms. The van der Waals surface area contributed by atoms with Crippen molar-refractivity contribution in [1.29, 1.82) is 0 Å². The van der Waals surface area contributed by atoms with Gasteiger partial charge in [-0.15, -0.1) is 0 Å². The van der Waals surface area contributed by atoms with Crippen LogP contribution in [0.15, 0.2) is 18.2 Å². The third-order valence-corrected chi connectivity index (χ3v) is 4.54. The predicted molar refractivity (Wildman–Crippen MR) is 77.5 cm³/mol. The maximum Gasteiger partial charge on any atom is 0.177 e. The molecule has 1 aromatic rings. The average molecular weight is 321 g/mol. The van der Waals surface area contributed by atoms with Crippen molar-refractivity contribution in [2.75, 3.05) is 32.3 Å². The molecular formula is C13H17ClO5S. The van der Waals surface area contributed by atoms with Crippen molar-refractivity contribution in [3.8, 4) is 5.75 Å². The summed E-state index contributed by atoms with van der Waals surface area (Å²) >= 11 is 5.90. The van der Waals surface area contributed by atoms with E-state index in [-0.39, 0.29) is 16.3 Å². The van der Waals surface area contributed by atoms with Gasteiger partial charge < -0.3 is 9.47 Å². The van der Waals surface area contributed by atoms with Crippen LogP contribution in [0.3, 0.4) is 0 Å². The SMILES string of the molecule is COCCCS(=O)(=O)CC(=O)c1ccc(OC)c(Cl)c1. The Morgan fingerprint density at radius 3 is 2.55 bits per heavy atom. The number of Topliss-reactive ketones (excluding diaryl/α,β-unsaturated/α-hetero) is 1. The van der Waals surface area contributed by atoms with Crippen LogP contribution < -0.4 is 4.74 Å². The number of halogens is 1. The molecule has 0 atom stereocenters. The van der Waals surface area contributed by atoms with Crippen molar-refractivity contribution in [2.24, 2.45) is 0 Å². The van der Waals surface area contributed by atoms with Gasteiger partial charge in [-0.3, -0.25) is 4.79 Å². The van der Waals surface area contributed by atoms with Crippen molar-refractivity contribution in [2.45, 2.75) is 6.42 Å². The fourth-order valence-corrected chi connectivity index (χ4v) is 3.14. The lowest BCUT2D eigenvalue weighted by Gasteiger charge is -2.06. The lowest BCUT2D eigenvalue weighted by Crippen LogP contribution is -2.20. The molecule has 0 aliphatic rings. The zero-order chi connectivity index (χ0) is 15.2. The van der Waals surface area contributed by atoms with E-state index >= 15 is 0 Å². The molecule has 5 nitrogen and oxygen atoms in total. The van der Waals surface area contributed by atoms with E-state index in [9.17, 15) is 13.2 Å². The number of carbonyl (C=O) groups is 1. The van der Waals surface area contributed by atoms with Crippen molar-refractivity contribution < 1.29 is 22.7 Å². The molecule has 7 heteroatoms. The van der Waals surface area contributed by atoms with Gasteiger partial charge in [0.25, 0.3) is 0 Å². The van der Waals surface area contributed by atoms with Crippen LogP contribution in [0.5, 0.6) is 5.75 Å². The van der Waals surface area contributed by atoms with Gasteiger partial charge in [0.1, 0.15) is 11.5 Å². The van der Waals surface area contributed by atoms with Gasteiger partial charge >= 0.3 is 0 Å². The van der Waals surface area contributed by atoms with Crippen LogP contribution in [0.2, 0.25) is 5.02 Å². The fourth-order valence-electron chi connectivity index (χ4n) is 1.62. The quantitative estimate of drug-likeness (QED) is 0.541. The molecule has 0 heterocycles. The van der Waals surface area contributed by atoms with E-state index in [1.807, 2.05) is 0 Å².